The van der Waals surface area contributed by atoms with Gasteiger partial charge in [-0.15, -0.1) is 6.58 Å². The highest BCUT2D eigenvalue weighted by molar-refractivity contribution is 6.22. The minimum absolute atomic E-state index is 0.705. The molecule has 8 heteroatoms. The number of hydrogen-bond donors (Lipinski definition) is 0. The summed E-state index contributed by atoms with van der Waals surface area (Å²) in [4.78, 5) is 0. The van der Waals surface area contributed by atoms with E-state index in [1.807, 2.05) is 0 Å². The molecule has 14 heavy (non-hydrogen) atoms. The standard InChI is InChI=1S/C6H5ClF6O/c1-2-3-14-6(12,13)4(8,9)5(7,10)11/h2H,1,3H2. The molecular formula is C6H5ClF6O. The first kappa shape index (κ1) is 13.6. The van der Waals surface area contributed by atoms with Crippen molar-refractivity contribution in [3.8, 4) is 0 Å². The van der Waals surface area contributed by atoms with Crippen LogP contribution in [0.3, 0.4) is 0 Å². The van der Waals surface area contributed by atoms with E-state index in [2.05, 4.69) is 22.9 Å². The zero-order chi connectivity index (χ0) is 11.6. The molecule has 0 unspecified atom stereocenters. The van der Waals surface area contributed by atoms with Crippen molar-refractivity contribution in [3.63, 3.8) is 0 Å². The smallest absolute Gasteiger partial charge is 0.311 e. The van der Waals surface area contributed by atoms with Gasteiger partial charge in [-0.2, -0.15) is 26.3 Å². The molecular weight excluding hydrogens is 238 g/mol. The van der Waals surface area contributed by atoms with Crippen molar-refractivity contribution in [2.45, 2.75) is 17.4 Å². The normalized spacial score (nSPS) is 14.2. The Kier molecular flexibility index (Phi) is 3.85. The Morgan fingerprint density at radius 2 is 1.57 bits per heavy atom. The molecule has 0 radical (unpaired) electrons. The maximum absolute atomic E-state index is 12.3. The van der Waals surface area contributed by atoms with Crippen molar-refractivity contribution in [1.82, 2.24) is 0 Å². The van der Waals surface area contributed by atoms with E-state index in [1.165, 1.54) is 0 Å². The monoisotopic (exact) mass is 242 g/mol. The Bertz CT molecular complexity index is 211. The fraction of sp³-hybridized carbons (Fsp3) is 0.667. The Morgan fingerprint density at radius 3 is 1.86 bits per heavy atom. The number of ether oxygens (including phenoxy) is 1. The molecule has 0 aliphatic rings. The highest BCUT2D eigenvalue weighted by Crippen LogP contribution is 2.48. The van der Waals surface area contributed by atoms with E-state index in [0.29, 0.717) is 6.08 Å². The average Bonchev–Trinajstić information content (AvgIpc) is 1.98. The summed E-state index contributed by atoms with van der Waals surface area (Å²) in [6, 6.07) is 0. The predicted octanol–water partition coefficient (Wildman–Crippen LogP) is 3.25. The van der Waals surface area contributed by atoms with Crippen LogP contribution in [-0.2, 0) is 4.74 Å². The van der Waals surface area contributed by atoms with Gasteiger partial charge in [-0.1, -0.05) is 6.08 Å². The van der Waals surface area contributed by atoms with Gasteiger partial charge in [0.25, 0.3) is 0 Å². The van der Waals surface area contributed by atoms with Gasteiger partial charge in [-0.25, -0.2) is 0 Å². The maximum Gasteiger partial charge on any atom is 0.427 e. The fourth-order valence-electron chi connectivity index (χ4n) is 0.419. The molecule has 0 aliphatic heterocycles. The lowest BCUT2D eigenvalue weighted by Crippen LogP contribution is -2.52. The molecule has 0 aromatic rings. The Morgan fingerprint density at radius 1 is 1.14 bits per heavy atom. The molecule has 84 valence electrons. The van der Waals surface area contributed by atoms with Crippen molar-refractivity contribution in [3.05, 3.63) is 12.7 Å². The number of alkyl halides is 7. The van der Waals surface area contributed by atoms with Gasteiger partial charge in [-0.05, 0) is 11.6 Å². The predicted molar refractivity (Wildman–Crippen MR) is 36.8 cm³/mol. The zero-order valence-corrected chi connectivity index (χ0v) is 7.30. The van der Waals surface area contributed by atoms with Crippen molar-refractivity contribution in [2.75, 3.05) is 6.61 Å². The molecule has 0 aliphatic carbocycles. The van der Waals surface area contributed by atoms with Crippen LogP contribution in [0, 0.1) is 0 Å². The van der Waals surface area contributed by atoms with Crippen molar-refractivity contribution >= 4 is 11.6 Å². The van der Waals surface area contributed by atoms with Gasteiger partial charge >= 0.3 is 17.4 Å². The van der Waals surface area contributed by atoms with Gasteiger partial charge in [0, 0.05) is 0 Å². The Balaban J connectivity index is 4.77. The van der Waals surface area contributed by atoms with E-state index >= 15 is 0 Å². The second-order valence-electron chi connectivity index (χ2n) is 2.19. The van der Waals surface area contributed by atoms with Gasteiger partial charge < -0.3 is 4.74 Å². The minimum Gasteiger partial charge on any atom is -0.311 e. The quantitative estimate of drug-likeness (QED) is 0.408. The molecule has 0 N–H and O–H groups in total. The maximum atomic E-state index is 12.3. The minimum atomic E-state index is -5.79. The molecule has 0 bridgehead atoms. The summed E-state index contributed by atoms with van der Waals surface area (Å²) < 4.78 is 76.0. The van der Waals surface area contributed by atoms with Crippen LogP contribution in [0.2, 0.25) is 0 Å². The third kappa shape index (κ3) is 2.54. The van der Waals surface area contributed by atoms with E-state index in [0.717, 1.165) is 0 Å². The molecule has 0 fully saturated rings. The van der Waals surface area contributed by atoms with Crippen LogP contribution in [-0.4, -0.2) is 24.0 Å². The summed E-state index contributed by atoms with van der Waals surface area (Å²) in [6.07, 6.45) is -4.65. The Hall–Kier alpha value is -0.430. The zero-order valence-electron chi connectivity index (χ0n) is 6.55. The van der Waals surface area contributed by atoms with Crippen LogP contribution in [0.5, 0.6) is 0 Å². The van der Waals surface area contributed by atoms with E-state index in [1.54, 1.807) is 0 Å². The summed E-state index contributed by atoms with van der Waals surface area (Å²) in [7, 11) is 0. The molecule has 0 atom stereocenters. The summed E-state index contributed by atoms with van der Waals surface area (Å²) >= 11 is 3.82. The van der Waals surface area contributed by atoms with E-state index in [-0.39, 0.29) is 0 Å². The average molecular weight is 243 g/mol. The van der Waals surface area contributed by atoms with Crippen molar-refractivity contribution in [2.24, 2.45) is 0 Å². The summed E-state index contributed by atoms with van der Waals surface area (Å²) in [6.45, 7) is 1.88. The van der Waals surface area contributed by atoms with Crippen molar-refractivity contribution in [1.29, 1.82) is 0 Å². The topological polar surface area (TPSA) is 9.23 Å². The van der Waals surface area contributed by atoms with Crippen LogP contribution in [0.1, 0.15) is 0 Å². The van der Waals surface area contributed by atoms with Gasteiger partial charge in [0.2, 0.25) is 0 Å². The summed E-state index contributed by atoms with van der Waals surface area (Å²) in [5.41, 5.74) is 0. The first-order valence-electron chi connectivity index (χ1n) is 3.13. The van der Waals surface area contributed by atoms with Gasteiger partial charge in [0.1, 0.15) is 0 Å². The third-order valence-electron chi connectivity index (χ3n) is 1.10. The van der Waals surface area contributed by atoms with Crippen LogP contribution in [0.15, 0.2) is 12.7 Å². The highest BCUT2D eigenvalue weighted by Gasteiger charge is 2.72. The molecule has 0 saturated carbocycles. The third-order valence-corrected chi connectivity index (χ3v) is 1.34. The van der Waals surface area contributed by atoms with E-state index < -0.39 is 24.0 Å². The molecule has 0 rings (SSSR count). The summed E-state index contributed by atoms with van der Waals surface area (Å²) in [5.74, 6) is -5.79. The lowest BCUT2D eigenvalue weighted by Gasteiger charge is -2.28. The first-order valence-corrected chi connectivity index (χ1v) is 3.51. The fourth-order valence-corrected chi connectivity index (χ4v) is 0.529. The lowest BCUT2D eigenvalue weighted by atomic mass is 10.3. The Labute approximate surface area is 80.3 Å². The second kappa shape index (κ2) is 3.98. The lowest BCUT2D eigenvalue weighted by molar-refractivity contribution is -0.379. The molecule has 0 amide bonds. The number of hydrogen-bond acceptors (Lipinski definition) is 1. The second-order valence-corrected chi connectivity index (χ2v) is 2.66. The molecule has 0 aromatic heterocycles. The van der Waals surface area contributed by atoms with Gasteiger partial charge in [0.05, 0.1) is 6.61 Å². The van der Waals surface area contributed by atoms with Gasteiger partial charge in [-0.3, -0.25) is 0 Å². The van der Waals surface area contributed by atoms with Crippen LogP contribution in [0.4, 0.5) is 26.3 Å². The van der Waals surface area contributed by atoms with E-state index in [9.17, 15) is 26.3 Å². The SMILES string of the molecule is C=CCOC(F)(F)C(F)(F)C(F)(F)Cl. The van der Waals surface area contributed by atoms with Gasteiger partial charge in [0.15, 0.2) is 0 Å². The molecule has 1 nitrogen and oxygen atoms in total. The van der Waals surface area contributed by atoms with Crippen LogP contribution >= 0.6 is 11.6 Å². The van der Waals surface area contributed by atoms with Crippen LogP contribution < -0.4 is 0 Å². The summed E-state index contributed by atoms with van der Waals surface area (Å²) in [5, 5.41) is -5.39. The molecule has 0 saturated heterocycles. The largest absolute Gasteiger partial charge is 0.427 e. The molecule has 0 aromatic carbocycles. The van der Waals surface area contributed by atoms with E-state index in [4.69, 9.17) is 0 Å². The van der Waals surface area contributed by atoms with Crippen molar-refractivity contribution < 1.29 is 31.1 Å². The number of rotatable bonds is 5. The molecule has 0 heterocycles. The number of halogens is 7. The first-order chi connectivity index (χ1) is 6.06. The highest BCUT2D eigenvalue weighted by atomic mass is 35.5. The molecule has 0 spiro atoms. The van der Waals surface area contributed by atoms with Crippen LogP contribution in [0.25, 0.3) is 0 Å².